The minimum absolute atomic E-state index is 0.0433. The first-order chi connectivity index (χ1) is 13.1. The minimum atomic E-state index is -0.618. The number of fused-ring (bicyclic) bond motifs is 1. The molecule has 1 N–H and O–H groups in total. The number of hydrogen-bond donors (Lipinski definition) is 1. The lowest BCUT2D eigenvalue weighted by Crippen LogP contribution is -2.48. The molecule has 2 aromatic carbocycles. The van der Waals surface area contributed by atoms with Crippen LogP contribution < -0.4 is 5.32 Å². The lowest BCUT2D eigenvalue weighted by Gasteiger charge is -2.36. The van der Waals surface area contributed by atoms with Gasteiger partial charge in [-0.15, -0.1) is 0 Å². The number of benzene rings is 2. The molecule has 1 atom stereocenters. The van der Waals surface area contributed by atoms with Crippen LogP contribution >= 0.6 is 0 Å². The number of amides is 2. The Hall–Kier alpha value is -2.66. The number of ether oxygens (including phenoxy) is 1. The van der Waals surface area contributed by atoms with Crippen LogP contribution in [0, 0.1) is 0 Å². The first-order valence-electron chi connectivity index (χ1n) is 9.35. The van der Waals surface area contributed by atoms with Gasteiger partial charge in [-0.3, -0.25) is 9.59 Å². The van der Waals surface area contributed by atoms with E-state index in [9.17, 15) is 9.59 Å². The van der Waals surface area contributed by atoms with Gasteiger partial charge in [0.1, 0.15) is 6.04 Å². The number of nitrogens with zero attached hydrogens (tertiary/aromatic N) is 1. The summed E-state index contributed by atoms with van der Waals surface area (Å²) >= 11 is 0. The van der Waals surface area contributed by atoms with E-state index in [0.717, 1.165) is 23.1 Å². The third-order valence-corrected chi connectivity index (χ3v) is 5.01. The zero-order chi connectivity index (χ0) is 19.2. The second-order valence-corrected chi connectivity index (χ2v) is 6.75. The molecule has 2 aromatic rings. The number of hydrogen-bond acceptors (Lipinski definition) is 3. The van der Waals surface area contributed by atoms with E-state index in [4.69, 9.17) is 4.74 Å². The van der Waals surface area contributed by atoms with Gasteiger partial charge in [0, 0.05) is 20.2 Å². The SMILES string of the molecule is CCc1ccc(CNC(=O)[C@H]2c3ccccc3CC(=O)N2CCOC)cc1. The van der Waals surface area contributed by atoms with E-state index in [2.05, 4.69) is 24.4 Å². The van der Waals surface area contributed by atoms with Gasteiger partial charge in [-0.2, -0.15) is 0 Å². The fourth-order valence-corrected chi connectivity index (χ4v) is 3.44. The number of carbonyl (C=O) groups is 2. The van der Waals surface area contributed by atoms with E-state index in [1.807, 2.05) is 36.4 Å². The monoisotopic (exact) mass is 366 g/mol. The lowest BCUT2D eigenvalue weighted by atomic mass is 9.91. The Morgan fingerprint density at radius 2 is 1.85 bits per heavy atom. The summed E-state index contributed by atoms with van der Waals surface area (Å²) in [6, 6.07) is 15.3. The first kappa shape index (κ1) is 19.1. The first-order valence-corrected chi connectivity index (χ1v) is 9.35. The summed E-state index contributed by atoms with van der Waals surface area (Å²) in [5, 5.41) is 3.00. The van der Waals surface area contributed by atoms with Crippen molar-refractivity contribution in [1.29, 1.82) is 0 Å². The predicted molar refractivity (Wildman–Crippen MR) is 104 cm³/mol. The van der Waals surface area contributed by atoms with Gasteiger partial charge < -0.3 is 15.0 Å². The van der Waals surface area contributed by atoms with Crippen molar-refractivity contribution in [2.45, 2.75) is 32.4 Å². The molecule has 27 heavy (non-hydrogen) atoms. The maximum Gasteiger partial charge on any atom is 0.247 e. The molecule has 3 rings (SSSR count). The Balaban J connectivity index is 1.78. The van der Waals surface area contributed by atoms with Gasteiger partial charge in [-0.1, -0.05) is 55.5 Å². The molecule has 1 heterocycles. The summed E-state index contributed by atoms with van der Waals surface area (Å²) in [5.41, 5.74) is 4.12. The van der Waals surface area contributed by atoms with Crippen molar-refractivity contribution in [1.82, 2.24) is 10.2 Å². The Labute approximate surface area is 160 Å². The van der Waals surface area contributed by atoms with Crippen LogP contribution in [0.3, 0.4) is 0 Å². The summed E-state index contributed by atoms with van der Waals surface area (Å²) < 4.78 is 5.13. The third-order valence-electron chi connectivity index (χ3n) is 5.01. The summed E-state index contributed by atoms with van der Waals surface area (Å²) in [4.78, 5) is 27.3. The van der Waals surface area contributed by atoms with E-state index in [1.165, 1.54) is 5.56 Å². The number of nitrogens with one attached hydrogen (secondary N) is 1. The van der Waals surface area contributed by atoms with Crippen LogP contribution in [0.4, 0.5) is 0 Å². The summed E-state index contributed by atoms with van der Waals surface area (Å²) in [6.45, 7) is 3.35. The van der Waals surface area contributed by atoms with Gasteiger partial charge in [0.15, 0.2) is 0 Å². The van der Waals surface area contributed by atoms with Crippen molar-refractivity contribution in [3.63, 3.8) is 0 Å². The molecule has 1 aliphatic heterocycles. The van der Waals surface area contributed by atoms with E-state index in [0.29, 0.717) is 26.1 Å². The van der Waals surface area contributed by atoms with E-state index in [-0.39, 0.29) is 11.8 Å². The van der Waals surface area contributed by atoms with Gasteiger partial charge >= 0.3 is 0 Å². The standard InChI is InChI=1S/C22H26N2O3/c1-3-16-8-10-17(11-9-16)15-23-22(26)21-19-7-5-4-6-18(19)14-20(25)24(21)12-13-27-2/h4-11,21H,3,12-15H2,1-2H3,(H,23,26)/t21-/m1/s1. The summed E-state index contributed by atoms with van der Waals surface area (Å²) in [7, 11) is 1.59. The molecule has 0 saturated heterocycles. The molecule has 142 valence electrons. The Morgan fingerprint density at radius 3 is 2.56 bits per heavy atom. The van der Waals surface area contributed by atoms with Crippen molar-refractivity contribution >= 4 is 11.8 Å². The highest BCUT2D eigenvalue weighted by molar-refractivity contribution is 5.92. The maximum atomic E-state index is 13.0. The van der Waals surface area contributed by atoms with Crippen molar-refractivity contribution in [2.75, 3.05) is 20.3 Å². The highest BCUT2D eigenvalue weighted by Crippen LogP contribution is 2.30. The Kier molecular flexibility index (Phi) is 6.24. The molecule has 0 aromatic heterocycles. The highest BCUT2D eigenvalue weighted by Gasteiger charge is 2.36. The van der Waals surface area contributed by atoms with Gasteiger partial charge in [0.25, 0.3) is 0 Å². The molecule has 0 unspecified atom stereocenters. The molecule has 0 bridgehead atoms. The van der Waals surface area contributed by atoms with Gasteiger partial charge in [0.2, 0.25) is 11.8 Å². The number of rotatable bonds is 7. The molecule has 0 saturated carbocycles. The summed E-state index contributed by atoms with van der Waals surface area (Å²) in [6.07, 6.45) is 1.31. The minimum Gasteiger partial charge on any atom is -0.383 e. The van der Waals surface area contributed by atoms with Crippen molar-refractivity contribution < 1.29 is 14.3 Å². The largest absolute Gasteiger partial charge is 0.383 e. The lowest BCUT2D eigenvalue weighted by molar-refractivity contribution is -0.142. The normalized spacial score (nSPS) is 16.1. The van der Waals surface area contributed by atoms with Crippen LogP contribution in [0.15, 0.2) is 48.5 Å². The third kappa shape index (κ3) is 4.37. The molecule has 2 amide bonds. The molecule has 0 aliphatic carbocycles. The highest BCUT2D eigenvalue weighted by atomic mass is 16.5. The summed E-state index contributed by atoms with van der Waals surface area (Å²) in [5.74, 6) is -0.204. The van der Waals surface area contributed by atoms with E-state index >= 15 is 0 Å². The van der Waals surface area contributed by atoms with Crippen molar-refractivity contribution in [3.05, 3.63) is 70.8 Å². The number of carbonyl (C=O) groups excluding carboxylic acids is 2. The fraction of sp³-hybridized carbons (Fsp3) is 0.364. The van der Waals surface area contributed by atoms with Gasteiger partial charge in [-0.05, 0) is 28.7 Å². The van der Waals surface area contributed by atoms with Crippen LogP contribution in [0.2, 0.25) is 0 Å². The Morgan fingerprint density at radius 1 is 1.15 bits per heavy atom. The van der Waals surface area contributed by atoms with E-state index in [1.54, 1.807) is 12.0 Å². The molecule has 0 radical (unpaired) electrons. The Bertz CT molecular complexity index is 801. The van der Waals surface area contributed by atoms with Crippen molar-refractivity contribution in [3.8, 4) is 0 Å². The molecule has 1 aliphatic rings. The smallest absolute Gasteiger partial charge is 0.247 e. The fourth-order valence-electron chi connectivity index (χ4n) is 3.44. The average Bonchev–Trinajstić information content (AvgIpc) is 2.70. The van der Waals surface area contributed by atoms with Crippen LogP contribution in [-0.4, -0.2) is 37.0 Å². The zero-order valence-corrected chi connectivity index (χ0v) is 15.9. The van der Waals surface area contributed by atoms with Gasteiger partial charge in [-0.25, -0.2) is 0 Å². The number of aryl methyl sites for hydroxylation is 1. The maximum absolute atomic E-state index is 13.0. The molecule has 0 fully saturated rings. The van der Waals surface area contributed by atoms with Crippen LogP contribution in [0.1, 0.15) is 35.2 Å². The van der Waals surface area contributed by atoms with Crippen LogP contribution in [0.5, 0.6) is 0 Å². The van der Waals surface area contributed by atoms with E-state index < -0.39 is 6.04 Å². The topological polar surface area (TPSA) is 58.6 Å². The molecular weight excluding hydrogens is 340 g/mol. The second kappa shape index (κ2) is 8.82. The predicted octanol–water partition coefficient (Wildman–Crippen LogP) is 2.64. The van der Waals surface area contributed by atoms with Crippen LogP contribution in [-0.2, 0) is 33.7 Å². The van der Waals surface area contributed by atoms with Crippen LogP contribution in [0.25, 0.3) is 0 Å². The van der Waals surface area contributed by atoms with Gasteiger partial charge in [0.05, 0.1) is 13.0 Å². The average molecular weight is 366 g/mol. The molecular formula is C22H26N2O3. The molecule has 5 nitrogen and oxygen atoms in total. The van der Waals surface area contributed by atoms with Crippen molar-refractivity contribution in [2.24, 2.45) is 0 Å². The quantitative estimate of drug-likeness (QED) is 0.820. The second-order valence-electron chi connectivity index (χ2n) is 6.75. The zero-order valence-electron chi connectivity index (χ0n) is 15.9. The number of methoxy groups -OCH3 is 1. The molecule has 5 heteroatoms. The molecule has 0 spiro atoms.